The van der Waals surface area contributed by atoms with Crippen molar-refractivity contribution in [1.82, 2.24) is 4.90 Å². The van der Waals surface area contributed by atoms with Crippen molar-refractivity contribution < 1.29 is 18.0 Å². The maximum atomic E-state index is 12.5. The average Bonchev–Trinajstić information content (AvgIpc) is 2.95. The van der Waals surface area contributed by atoms with Gasteiger partial charge in [-0.2, -0.15) is 0 Å². The third-order valence-electron chi connectivity index (χ3n) is 4.24. The van der Waals surface area contributed by atoms with Gasteiger partial charge in [0.2, 0.25) is 5.91 Å². The molecular weight excluding hydrogens is 384 g/mol. The zero-order valence-electron chi connectivity index (χ0n) is 15.0. The molecule has 0 aromatic heterocycles. The van der Waals surface area contributed by atoms with E-state index in [4.69, 9.17) is 0 Å². The van der Waals surface area contributed by atoms with E-state index in [-0.39, 0.29) is 28.3 Å². The van der Waals surface area contributed by atoms with Crippen molar-refractivity contribution >= 4 is 38.6 Å². The lowest BCUT2D eigenvalue weighted by Gasteiger charge is -2.14. The highest BCUT2D eigenvalue weighted by molar-refractivity contribution is 8.14. The Bertz CT molecular complexity index is 936. The molecule has 1 aliphatic rings. The van der Waals surface area contributed by atoms with E-state index in [0.717, 1.165) is 22.9 Å². The number of carbonyl (C=O) groups excluding carboxylic acids is 2. The molecule has 1 saturated heterocycles. The van der Waals surface area contributed by atoms with Crippen molar-refractivity contribution in [2.24, 2.45) is 0 Å². The van der Waals surface area contributed by atoms with Gasteiger partial charge in [0.15, 0.2) is 0 Å². The van der Waals surface area contributed by atoms with Crippen LogP contribution in [0.25, 0.3) is 0 Å². The van der Waals surface area contributed by atoms with Crippen LogP contribution in [0.15, 0.2) is 53.4 Å². The molecule has 0 spiro atoms. The number of nitrogens with one attached hydrogen (secondary N) is 1. The van der Waals surface area contributed by atoms with E-state index in [1.165, 1.54) is 4.90 Å². The molecule has 0 radical (unpaired) electrons. The van der Waals surface area contributed by atoms with Crippen molar-refractivity contribution in [3.8, 4) is 0 Å². The molecule has 0 atom stereocenters. The van der Waals surface area contributed by atoms with Gasteiger partial charge in [-0.3, -0.25) is 19.2 Å². The summed E-state index contributed by atoms with van der Waals surface area (Å²) in [7, 11) is -3.68. The number of nitrogens with zero attached hydrogens (tertiary/aromatic N) is 1. The molecule has 27 heavy (non-hydrogen) atoms. The van der Waals surface area contributed by atoms with Crippen molar-refractivity contribution in [2.45, 2.75) is 31.2 Å². The van der Waals surface area contributed by atoms with E-state index < -0.39 is 10.0 Å². The summed E-state index contributed by atoms with van der Waals surface area (Å²) < 4.78 is 27.6. The number of hydrogen-bond acceptors (Lipinski definition) is 5. The minimum atomic E-state index is -3.68. The average molecular weight is 405 g/mol. The van der Waals surface area contributed by atoms with Crippen molar-refractivity contribution in [3.63, 3.8) is 0 Å². The standard InChI is InChI=1S/C19H20N2O4S2/c1-13(2)15-5-9-17(10-6-15)27(24,25)20-16-7-3-14(4-8-16)11-21-18(22)12-26-19(21)23/h3-10,13,20H,11-12H2,1-2H3. The Labute approximate surface area is 163 Å². The van der Waals surface area contributed by atoms with Gasteiger partial charge in [0.1, 0.15) is 0 Å². The summed E-state index contributed by atoms with van der Waals surface area (Å²) in [4.78, 5) is 24.7. The predicted octanol–water partition coefficient (Wildman–Crippen LogP) is 3.81. The predicted molar refractivity (Wildman–Crippen MR) is 106 cm³/mol. The smallest absolute Gasteiger partial charge is 0.280 e. The second-order valence-electron chi connectivity index (χ2n) is 6.56. The second-order valence-corrected chi connectivity index (χ2v) is 9.17. The SMILES string of the molecule is CC(C)c1ccc(S(=O)(=O)Nc2ccc(CN3C(=O)CSC3=O)cc2)cc1. The zero-order chi connectivity index (χ0) is 19.6. The first kappa shape index (κ1) is 19.4. The van der Waals surface area contributed by atoms with Gasteiger partial charge >= 0.3 is 0 Å². The third-order valence-corrected chi connectivity index (χ3v) is 6.50. The third kappa shape index (κ3) is 4.51. The van der Waals surface area contributed by atoms with Gasteiger partial charge in [-0.05, 0) is 41.3 Å². The summed E-state index contributed by atoms with van der Waals surface area (Å²) in [5.74, 6) is 0.293. The molecule has 1 fully saturated rings. The summed E-state index contributed by atoms with van der Waals surface area (Å²) in [5, 5.41) is -0.255. The molecule has 1 aliphatic heterocycles. The van der Waals surface area contributed by atoms with Crippen LogP contribution in [0.5, 0.6) is 0 Å². The van der Waals surface area contributed by atoms with Crippen LogP contribution in [0.2, 0.25) is 0 Å². The molecule has 2 aromatic rings. The Morgan fingerprint density at radius 1 is 1.04 bits per heavy atom. The first-order valence-corrected chi connectivity index (χ1v) is 10.9. The molecule has 0 aliphatic carbocycles. The lowest BCUT2D eigenvalue weighted by molar-refractivity contribution is -0.125. The van der Waals surface area contributed by atoms with Gasteiger partial charge in [-0.15, -0.1) is 0 Å². The number of sulfonamides is 1. The molecule has 2 aromatic carbocycles. The largest absolute Gasteiger partial charge is 0.289 e. The van der Waals surface area contributed by atoms with Crippen LogP contribution in [0.4, 0.5) is 10.5 Å². The quantitative estimate of drug-likeness (QED) is 0.792. The lowest BCUT2D eigenvalue weighted by atomic mass is 10.0. The molecule has 6 nitrogen and oxygen atoms in total. The van der Waals surface area contributed by atoms with Gasteiger partial charge in [0.05, 0.1) is 17.2 Å². The van der Waals surface area contributed by atoms with Crippen molar-refractivity contribution in [1.29, 1.82) is 0 Å². The van der Waals surface area contributed by atoms with Crippen molar-refractivity contribution in [2.75, 3.05) is 10.5 Å². The fourth-order valence-electron chi connectivity index (χ4n) is 2.64. The number of hydrogen-bond donors (Lipinski definition) is 1. The van der Waals surface area contributed by atoms with Crippen LogP contribution in [-0.2, 0) is 21.4 Å². The number of rotatable bonds is 6. The molecule has 142 valence electrons. The molecular formula is C19H20N2O4S2. The number of thioether (sulfide) groups is 1. The van der Waals surface area contributed by atoms with Crippen LogP contribution in [-0.4, -0.2) is 30.2 Å². The molecule has 2 amide bonds. The van der Waals surface area contributed by atoms with Gasteiger partial charge < -0.3 is 0 Å². The molecule has 3 rings (SSSR count). The van der Waals surface area contributed by atoms with E-state index in [1.54, 1.807) is 36.4 Å². The van der Waals surface area contributed by atoms with Crippen LogP contribution in [0, 0.1) is 0 Å². The van der Waals surface area contributed by atoms with E-state index >= 15 is 0 Å². The zero-order valence-corrected chi connectivity index (χ0v) is 16.6. The summed E-state index contributed by atoms with van der Waals surface area (Å²) in [6.45, 7) is 4.28. The van der Waals surface area contributed by atoms with Crippen LogP contribution in [0.1, 0.15) is 30.9 Å². The topological polar surface area (TPSA) is 83.6 Å². The van der Waals surface area contributed by atoms with E-state index in [0.29, 0.717) is 11.6 Å². The Hall–Kier alpha value is -2.32. The van der Waals surface area contributed by atoms with Crippen LogP contribution in [0.3, 0.4) is 0 Å². The summed E-state index contributed by atoms with van der Waals surface area (Å²) in [6.07, 6.45) is 0. The monoisotopic (exact) mass is 404 g/mol. The van der Waals surface area contributed by atoms with Crippen molar-refractivity contribution in [3.05, 3.63) is 59.7 Å². The second kappa shape index (κ2) is 7.74. The highest BCUT2D eigenvalue weighted by atomic mass is 32.2. The maximum Gasteiger partial charge on any atom is 0.289 e. The maximum absolute atomic E-state index is 12.5. The number of anilines is 1. The molecule has 0 unspecified atom stereocenters. The molecule has 0 bridgehead atoms. The molecule has 0 saturated carbocycles. The van der Waals surface area contributed by atoms with Gasteiger partial charge in [0, 0.05) is 5.69 Å². The minimum Gasteiger partial charge on any atom is -0.280 e. The van der Waals surface area contributed by atoms with Crippen LogP contribution < -0.4 is 4.72 Å². The minimum absolute atomic E-state index is 0.173. The normalized spacial score (nSPS) is 14.9. The number of benzene rings is 2. The highest BCUT2D eigenvalue weighted by Gasteiger charge is 2.29. The Balaban J connectivity index is 1.70. The number of carbonyl (C=O) groups is 2. The van der Waals surface area contributed by atoms with E-state index in [1.807, 2.05) is 26.0 Å². The molecule has 1 heterocycles. The first-order valence-electron chi connectivity index (χ1n) is 8.45. The Kier molecular flexibility index (Phi) is 5.57. The fraction of sp³-hybridized carbons (Fsp3) is 0.263. The lowest BCUT2D eigenvalue weighted by Crippen LogP contribution is -2.27. The van der Waals surface area contributed by atoms with Gasteiger partial charge in [0.25, 0.3) is 15.3 Å². The first-order chi connectivity index (χ1) is 12.8. The summed E-state index contributed by atoms with van der Waals surface area (Å²) >= 11 is 0.990. The molecule has 8 heteroatoms. The Morgan fingerprint density at radius 3 is 2.19 bits per heavy atom. The van der Waals surface area contributed by atoms with Crippen LogP contribution >= 0.6 is 11.8 Å². The summed E-state index contributed by atoms with van der Waals surface area (Å²) in [5.41, 5.74) is 2.24. The highest BCUT2D eigenvalue weighted by Crippen LogP contribution is 2.23. The van der Waals surface area contributed by atoms with E-state index in [2.05, 4.69) is 4.72 Å². The number of amides is 2. The number of imide groups is 1. The fourth-order valence-corrected chi connectivity index (χ4v) is 4.42. The Morgan fingerprint density at radius 2 is 1.67 bits per heavy atom. The van der Waals surface area contributed by atoms with Gasteiger partial charge in [-0.1, -0.05) is 49.9 Å². The van der Waals surface area contributed by atoms with E-state index in [9.17, 15) is 18.0 Å². The van der Waals surface area contributed by atoms with Gasteiger partial charge in [-0.25, -0.2) is 8.42 Å². The summed E-state index contributed by atoms with van der Waals surface area (Å²) in [6, 6.07) is 13.4. The molecule has 1 N–H and O–H groups in total.